The van der Waals surface area contributed by atoms with Crippen molar-refractivity contribution in [2.24, 2.45) is 17.3 Å². The summed E-state index contributed by atoms with van der Waals surface area (Å²) in [7, 11) is 0. The van der Waals surface area contributed by atoms with Crippen molar-refractivity contribution in [3.05, 3.63) is 0 Å². The first-order valence-electron chi connectivity index (χ1n) is 5.54. The number of hydrogen-bond acceptors (Lipinski definition) is 1. The topological polar surface area (TPSA) is 20.2 Å². The Balaban J connectivity index is 2.59. The largest absolute Gasteiger partial charge is 0.392 e. The predicted octanol–water partition coefficient (Wildman–Crippen LogP) is 3.17. The highest BCUT2D eigenvalue weighted by molar-refractivity contribution is 5.00. The van der Waals surface area contributed by atoms with Gasteiger partial charge in [-0.3, -0.25) is 0 Å². The molecule has 0 saturated heterocycles. The van der Waals surface area contributed by atoms with Crippen LogP contribution >= 0.6 is 0 Å². The summed E-state index contributed by atoms with van der Waals surface area (Å²) in [5.74, 6) is 0.575. The van der Waals surface area contributed by atoms with E-state index in [4.69, 9.17) is 0 Å². The molecule has 1 rings (SSSR count). The lowest BCUT2D eigenvalue weighted by molar-refractivity contribution is -0.101. The van der Waals surface area contributed by atoms with Crippen molar-refractivity contribution < 1.29 is 9.50 Å². The minimum Gasteiger partial charge on any atom is -0.392 e. The van der Waals surface area contributed by atoms with Gasteiger partial charge in [0, 0.05) is 0 Å². The second-order valence-corrected chi connectivity index (χ2v) is 6.03. The Bertz CT molecular complexity index is 200. The number of aliphatic hydroxyl groups excluding tert-OH is 1. The number of rotatable bonds is 3. The normalized spacial score (nSPS) is 35.6. The quantitative estimate of drug-likeness (QED) is 0.745. The Kier molecular flexibility index (Phi) is 2.97. The van der Waals surface area contributed by atoms with E-state index >= 15 is 0 Å². The molecule has 1 aliphatic carbocycles. The number of aliphatic hydroxyl groups is 1. The highest BCUT2D eigenvalue weighted by atomic mass is 19.1. The molecule has 1 nitrogen and oxygen atoms in total. The molecule has 1 N–H and O–H groups in total. The molecular weight excluding hydrogens is 179 g/mol. The average molecular weight is 202 g/mol. The van der Waals surface area contributed by atoms with Crippen LogP contribution in [0.3, 0.4) is 0 Å². The number of halogens is 1. The Morgan fingerprint density at radius 2 is 1.79 bits per heavy atom. The molecule has 1 fully saturated rings. The summed E-state index contributed by atoms with van der Waals surface area (Å²) in [4.78, 5) is 0. The predicted molar refractivity (Wildman–Crippen MR) is 56.9 cm³/mol. The van der Waals surface area contributed by atoms with E-state index in [1.54, 1.807) is 6.92 Å². The van der Waals surface area contributed by atoms with Gasteiger partial charge in [-0.15, -0.1) is 0 Å². The number of hydrogen-bond donors (Lipinski definition) is 1. The third-order valence-electron chi connectivity index (χ3n) is 3.79. The summed E-state index contributed by atoms with van der Waals surface area (Å²) >= 11 is 0. The van der Waals surface area contributed by atoms with Crippen LogP contribution in [-0.4, -0.2) is 16.9 Å². The fourth-order valence-electron chi connectivity index (χ4n) is 2.59. The molecule has 0 aromatic carbocycles. The van der Waals surface area contributed by atoms with E-state index < -0.39 is 5.67 Å². The van der Waals surface area contributed by atoms with Crippen LogP contribution in [0.25, 0.3) is 0 Å². The zero-order chi connectivity index (χ0) is 11.1. The van der Waals surface area contributed by atoms with E-state index in [-0.39, 0.29) is 17.4 Å². The second kappa shape index (κ2) is 3.48. The molecule has 0 heterocycles. The van der Waals surface area contributed by atoms with Crippen molar-refractivity contribution in [3.63, 3.8) is 0 Å². The van der Waals surface area contributed by atoms with Crippen LogP contribution in [0.2, 0.25) is 0 Å². The molecule has 0 radical (unpaired) electrons. The van der Waals surface area contributed by atoms with E-state index in [9.17, 15) is 9.50 Å². The molecule has 84 valence electrons. The van der Waals surface area contributed by atoms with Crippen molar-refractivity contribution in [2.75, 3.05) is 0 Å². The van der Waals surface area contributed by atoms with E-state index in [2.05, 4.69) is 13.8 Å². The molecule has 0 aromatic heterocycles. The molecule has 0 bridgehead atoms. The van der Waals surface area contributed by atoms with Gasteiger partial charge in [-0.2, -0.15) is 0 Å². The number of alkyl halides is 1. The van der Waals surface area contributed by atoms with Crippen LogP contribution in [0.15, 0.2) is 0 Å². The highest BCUT2D eigenvalue weighted by Crippen LogP contribution is 2.51. The first-order valence-corrected chi connectivity index (χ1v) is 5.54. The van der Waals surface area contributed by atoms with E-state index in [1.807, 2.05) is 13.8 Å². The van der Waals surface area contributed by atoms with Crippen LogP contribution in [0.4, 0.5) is 4.39 Å². The molecule has 2 heteroatoms. The minimum absolute atomic E-state index is 0.153. The summed E-state index contributed by atoms with van der Waals surface area (Å²) in [6, 6.07) is 0. The van der Waals surface area contributed by atoms with E-state index in [1.165, 1.54) is 0 Å². The van der Waals surface area contributed by atoms with Crippen LogP contribution in [0.1, 0.15) is 47.5 Å². The third-order valence-corrected chi connectivity index (χ3v) is 3.79. The third kappa shape index (κ3) is 2.10. The van der Waals surface area contributed by atoms with Crippen molar-refractivity contribution in [1.82, 2.24) is 0 Å². The lowest BCUT2D eigenvalue weighted by Gasteiger charge is -2.50. The maximum Gasteiger partial charge on any atom is 0.108 e. The van der Waals surface area contributed by atoms with Gasteiger partial charge in [0.05, 0.1) is 6.10 Å². The van der Waals surface area contributed by atoms with Crippen molar-refractivity contribution in [3.8, 4) is 0 Å². The lowest BCUT2D eigenvalue weighted by Crippen LogP contribution is -2.50. The Morgan fingerprint density at radius 1 is 1.36 bits per heavy atom. The monoisotopic (exact) mass is 202 g/mol. The zero-order valence-corrected chi connectivity index (χ0v) is 9.97. The highest BCUT2D eigenvalue weighted by Gasteiger charge is 2.50. The molecule has 1 saturated carbocycles. The van der Waals surface area contributed by atoms with Gasteiger partial charge >= 0.3 is 0 Å². The summed E-state index contributed by atoms with van der Waals surface area (Å²) in [5, 5.41) is 10.0. The molecule has 14 heavy (non-hydrogen) atoms. The Labute approximate surface area is 86.7 Å². The van der Waals surface area contributed by atoms with Gasteiger partial charge in [0.2, 0.25) is 0 Å². The fourth-order valence-corrected chi connectivity index (χ4v) is 2.59. The van der Waals surface area contributed by atoms with Crippen molar-refractivity contribution >= 4 is 0 Å². The van der Waals surface area contributed by atoms with Crippen molar-refractivity contribution in [2.45, 2.75) is 59.2 Å². The van der Waals surface area contributed by atoms with Gasteiger partial charge in [0.25, 0.3) is 0 Å². The molecular formula is C12H23FO. The molecule has 1 unspecified atom stereocenters. The lowest BCUT2D eigenvalue weighted by atomic mass is 9.58. The van der Waals surface area contributed by atoms with E-state index in [0.717, 1.165) is 0 Å². The van der Waals surface area contributed by atoms with Gasteiger partial charge in [-0.05, 0) is 37.0 Å². The van der Waals surface area contributed by atoms with Gasteiger partial charge < -0.3 is 5.11 Å². The summed E-state index contributed by atoms with van der Waals surface area (Å²) < 4.78 is 13.4. The van der Waals surface area contributed by atoms with Crippen LogP contribution in [0, 0.1) is 17.3 Å². The fraction of sp³-hybridized carbons (Fsp3) is 1.00. The molecule has 0 aliphatic heterocycles. The summed E-state index contributed by atoms with van der Waals surface area (Å²) in [5.41, 5.74) is -1.14. The van der Waals surface area contributed by atoms with Crippen LogP contribution in [0.5, 0.6) is 0 Å². The zero-order valence-electron chi connectivity index (χ0n) is 9.97. The summed E-state index contributed by atoms with van der Waals surface area (Å²) in [6.45, 7) is 9.79. The molecule has 1 aliphatic rings. The van der Waals surface area contributed by atoms with Gasteiger partial charge in [0.1, 0.15) is 5.67 Å². The van der Waals surface area contributed by atoms with Crippen molar-refractivity contribution in [1.29, 1.82) is 0 Å². The van der Waals surface area contributed by atoms with E-state index in [0.29, 0.717) is 18.8 Å². The first kappa shape index (κ1) is 12.0. The smallest absolute Gasteiger partial charge is 0.108 e. The van der Waals surface area contributed by atoms with Gasteiger partial charge in [-0.1, -0.05) is 27.7 Å². The molecule has 0 aromatic rings. The maximum absolute atomic E-state index is 13.4. The van der Waals surface area contributed by atoms with Gasteiger partial charge in [0.15, 0.2) is 0 Å². The molecule has 0 amide bonds. The van der Waals surface area contributed by atoms with Gasteiger partial charge in [-0.25, -0.2) is 4.39 Å². The Morgan fingerprint density at radius 3 is 2.07 bits per heavy atom. The minimum atomic E-state index is -0.987. The van der Waals surface area contributed by atoms with Crippen LogP contribution in [-0.2, 0) is 0 Å². The standard InChI is InChI=1S/C12H23FO/c1-8(2)10(14)11(3,4)9-6-12(5,13)7-9/h8-10,14H,6-7H2,1-5H3. The molecule has 1 atom stereocenters. The second-order valence-electron chi connectivity index (χ2n) is 6.03. The SMILES string of the molecule is CC(C)C(O)C(C)(C)C1CC(C)(F)C1. The Hall–Kier alpha value is -0.110. The first-order chi connectivity index (χ1) is 6.17. The van der Waals surface area contributed by atoms with Crippen LogP contribution < -0.4 is 0 Å². The molecule has 0 spiro atoms. The summed E-state index contributed by atoms with van der Waals surface area (Å²) in [6.07, 6.45) is 0.872. The average Bonchev–Trinajstić information content (AvgIpc) is 1.98. The maximum atomic E-state index is 13.4.